The molecule has 2 aromatic rings. The minimum Gasteiger partial charge on any atom is -0.383 e. The van der Waals surface area contributed by atoms with Crippen molar-refractivity contribution in [1.82, 2.24) is 9.97 Å². The number of hydrogen-bond acceptors (Lipinski definition) is 5. The summed E-state index contributed by atoms with van der Waals surface area (Å²) < 4.78 is 4.92. The number of amides is 1. The number of ether oxygens (including phenoxy) is 1. The third-order valence-electron chi connectivity index (χ3n) is 2.78. The number of aryl methyl sites for hydroxylation is 1. The molecule has 0 atom stereocenters. The fourth-order valence-corrected chi connectivity index (χ4v) is 1.73. The summed E-state index contributed by atoms with van der Waals surface area (Å²) in [6.45, 7) is 3.16. The highest BCUT2D eigenvalue weighted by Crippen LogP contribution is 2.11. The first-order valence-corrected chi connectivity index (χ1v) is 6.62. The monoisotopic (exact) mass is 286 g/mol. The Morgan fingerprint density at radius 1 is 1.29 bits per heavy atom. The number of hydrogen-bond donors (Lipinski definition) is 2. The van der Waals surface area contributed by atoms with Gasteiger partial charge in [0.05, 0.1) is 12.2 Å². The van der Waals surface area contributed by atoms with Gasteiger partial charge in [-0.15, -0.1) is 0 Å². The molecule has 0 spiro atoms. The van der Waals surface area contributed by atoms with Gasteiger partial charge in [0.2, 0.25) is 5.95 Å². The number of carbonyl (C=O) groups is 1. The van der Waals surface area contributed by atoms with Crippen molar-refractivity contribution in [2.24, 2.45) is 0 Å². The van der Waals surface area contributed by atoms with Gasteiger partial charge in [0.15, 0.2) is 0 Å². The van der Waals surface area contributed by atoms with Crippen molar-refractivity contribution >= 4 is 17.5 Å². The summed E-state index contributed by atoms with van der Waals surface area (Å²) in [5.41, 5.74) is 2.25. The van der Waals surface area contributed by atoms with E-state index in [9.17, 15) is 4.79 Å². The molecule has 0 aliphatic rings. The molecule has 0 aliphatic heterocycles. The second kappa shape index (κ2) is 7.35. The van der Waals surface area contributed by atoms with Gasteiger partial charge in [-0.3, -0.25) is 4.79 Å². The number of aromatic nitrogens is 2. The zero-order valence-electron chi connectivity index (χ0n) is 12.1. The molecule has 110 valence electrons. The summed E-state index contributed by atoms with van der Waals surface area (Å²) in [7, 11) is 1.63. The SMILES string of the molecule is COCCNc1ncc(C(=O)Nc2cccc(C)c2)cn1. The predicted molar refractivity (Wildman–Crippen MR) is 81.5 cm³/mol. The predicted octanol–water partition coefficient (Wildman–Crippen LogP) is 2.10. The van der Waals surface area contributed by atoms with Crippen LogP contribution in [0, 0.1) is 6.92 Å². The maximum atomic E-state index is 12.1. The molecule has 1 aromatic carbocycles. The highest BCUT2D eigenvalue weighted by molar-refractivity contribution is 6.03. The van der Waals surface area contributed by atoms with E-state index in [4.69, 9.17) is 4.74 Å². The number of anilines is 2. The van der Waals surface area contributed by atoms with Gasteiger partial charge >= 0.3 is 0 Å². The summed E-state index contributed by atoms with van der Waals surface area (Å²) in [5.74, 6) is 0.239. The molecule has 0 unspecified atom stereocenters. The zero-order valence-corrected chi connectivity index (χ0v) is 12.1. The van der Waals surface area contributed by atoms with Crippen molar-refractivity contribution in [3.8, 4) is 0 Å². The van der Waals surface area contributed by atoms with Crippen LogP contribution in [0.25, 0.3) is 0 Å². The number of nitrogens with one attached hydrogen (secondary N) is 2. The Morgan fingerprint density at radius 3 is 2.71 bits per heavy atom. The van der Waals surface area contributed by atoms with Crippen molar-refractivity contribution in [2.75, 3.05) is 30.9 Å². The molecule has 6 nitrogen and oxygen atoms in total. The Bertz CT molecular complexity index is 599. The van der Waals surface area contributed by atoms with Crippen LogP contribution >= 0.6 is 0 Å². The van der Waals surface area contributed by atoms with Gasteiger partial charge in [-0.05, 0) is 24.6 Å². The van der Waals surface area contributed by atoms with E-state index in [-0.39, 0.29) is 5.91 Å². The highest BCUT2D eigenvalue weighted by Gasteiger charge is 2.07. The quantitative estimate of drug-likeness (QED) is 0.795. The van der Waals surface area contributed by atoms with Gasteiger partial charge < -0.3 is 15.4 Å². The molecule has 1 aromatic heterocycles. The molecular weight excluding hydrogens is 268 g/mol. The van der Waals surface area contributed by atoms with Crippen LogP contribution in [-0.4, -0.2) is 36.1 Å². The second-order valence-corrected chi connectivity index (χ2v) is 4.54. The maximum absolute atomic E-state index is 12.1. The lowest BCUT2D eigenvalue weighted by Gasteiger charge is -2.07. The van der Waals surface area contributed by atoms with Gasteiger partial charge in [-0.2, -0.15) is 0 Å². The Balaban J connectivity index is 1.96. The third-order valence-corrected chi connectivity index (χ3v) is 2.78. The number of methoxy groups -OCH3 is 1. The Hall–Kier alpha value is -2.47. The molecule has 0 saturated heterocycles. The minimum atomic E-state index is -0.232. The minimum absolute atomic E-state index is 0.232. The molecule has 0 fully saturated rings. The molecule has 6 heteroatoms. The van der Waals surface area contributed by atoms with Crippen molar-refractivity contribution in [3.05, 3.63) is 47.8 Å². The van der Waals surface area contributed by atoms with Crippen molar-refractivity contribution in [1.29, 1.82) is 0 Å². The van der Waals surface area contributed by atoms with Gasteiger partial charge in [0.1, 0.15) is 0 Å². The summed E-state index contributed by atoms with van der Waals surface area (Å²) in [6, 6.07) is 7.61. The number of benzene rings is 1. The first kappa shape index (κ1) is 14.9. The van der Waals surface area contributed by atoms with Crippen LogP contribution in [0.5, 0.6) is 0 Å². The lowest BCUT2D eigenvalue weighted by Crippen LogP contribution is -2.14. The molecule has 2 rings (SSSR count). The fraction of sp³-hybridized carbons (Fsp3) is 0.267. The van der Waals surface area contributed by atoms with E-state index < -0.39 is 0 Å². The standard InChI is InChI=1S/C15H18N4O2/c1-11-4-3-5-13(8-11)19-14(20)12-9-17-15(18-10-12)16-6-7-21-2/h3-5,8-10H,6-7H2,1-2H3,(H,19,20)(H,16,17,18). The summed E-state index contributed by atoms with van der Waals surface area (Å²) in [6.07, 6.45) is 2.99. The Morgan fingerprint density at radius 2 is 2.05 bits per heavy atom. The van der Waals surface area contributed by atoms with Crippen LogP contribution in [0.3, 0.4) is 0 Å². The molecule has 21 heavy (non-hydrogen) atoms. The third kappa shape index (κ3) is 4.54. The topological polar surface area (TPSA) is 76.1 Å². The molecule has 2 N–H and O–H groups in total. The summed E-state index contributed by atoms with van der Waals surface area (Å²) >= 11 is 0. The van der Waals surface area contributed by atoms with E-state index in [1.165, 1.54) is 12.4 Å². The summed E-state index contributed by atoms with van der Waals surface area (Å²) in [4.78, 5) is 20.2. The molecule has 0 radical (unpaired) electrons. The van der Waals surface area contributed by atoms with Crippen LogP contribution < -0.4 is 10.6 Å². The van der Waals surface area contributed by atoms with Gasteiger partial charge in [-0.25, -0.2) is 9.97 Å². The molecule has 0 bridgehead atoms. The van der Waals surface area contributed by atoms with E-state index in [1.807, 2.05) is 31.2 Å². The van der Waals surface area contributed by atoms with E-state index in [0.29, 0.717) is 24.7 Å². The van der Waals surface area contributed by atoms with Crippen LogP contribution in [-0.2, 0) is 4.74 Å². The average Bonchev–Trinajstić information content (AvgIpc) is 2.48. The number of nitrogens with zero attached hydrogens (tertiary/aromatic N) is 2. The normalized spacial score (nSPS) is 10.2. The largest absolute Gasteiger partial charge is 0.383 e. The fourth-order valence-electron chi connectivity index (χ4n) is 1.73. The average molecular weight is 286 g/mol. The van der Waals surface area contributed by atoms with Crippen molar-refractivity contribution in [2.45, 2.75) is 6.92 Å². The maximum Gasteiger partial charge on any atom is 0.258 e. The van der Waals surface area contributed by atoms with E-state index in [2.05, 4.69) is 20.6 Å². The van der Waals surface area contributed by atoms with E-state index >= 15 is 0 Å². The highest BCUT2D eigenvalue weighted by atomic mass is 16.5. The summed E-state index contributed by atoms with van der Waals surface area (Å²) in [5, 5.41) is 5.80. The van der Waals surface area contributed by atoms with Crippen LogP contribution in [0.1, 0.15) is 15.9 Å². The second-order valence-electron chi connectivity index (χ2n) is 4.54. The Labute approximate surface area is 123 Å². The van der Waals surface area contributed by atoms with Crippen LogP contribution in [0.4, 0.5) is 11.6 Å². The number of carbonyl (C=O) groups excluding carboxylic acids is 1. The molecule has 0 saturated carbocycles. The molecule has 0 aliphatic carbocycles. The first-order chi connectivity index (χ1) is 10.2. The Kier molecular flexibility index (Phi) is 5.22. The molecule has 1 amide bonds. The smallest absolute Gasteiger partial charge is 0.258 e. The lowest BCUT2D eigenvalue weighted by atomic mass is 10.2. The van der Waals surface area contributed by atoms with Crippen LogP contribution in [0.2, 0.25) is 0 Å². The van der Waals surface area contributed by atoms with Gasteiger partial charge in [0, 0.05) is 31.7 Å². The first-order valence-electron chi connectivity index (χ1n) is 6.62. The number of rotatable bonds is 6. The zero-order chi connectivity index (χ0) is 15.1. The molecular formula is C15H18N4O2. The van der Waals surface area contributed by atoms with E-state index in [0.717, 1.165) is 11.3 Å². The lowest BCUT2D eigenvalue weighted by molar-refractivity contribution is 0.102. The molecule has 1 heterocycles. The van der Waals surface area contributed by atoms with Crippen molar-refractivity contribution in [3.63, 3.8) is 0 Å². The van der Waals surface area contributed by atoms with Crippen LogP contribution in [0.15, 0.2) is 36.7 Å². The van der Waals surface area contributed by atoms with Gasteiger partial charge in [-0.1, -0.05) is 12.1 Å². The van der Waals surface area contributed by atoms with E-state index in [1.54, 1.807) is 7.11 Å². The van der Waals surface area contributed by atoms with Crippen molar-refractivity contribution < 1.29 is 9.53 Å². The van der Waals surface area contributed by atoms with Gasteiger partial charge in [0.25, 0.3) is 5.91 Å².